The van der Waals surface area contributed by atoms with Gasteiger partial charge in [-0.15, -0.1) is 0 Å². The minimum Gasteiger partial charge on any atom is -0.507 e. The number of carbonyl (C=O) groups excluding carboxylic acids is 1. The summed E-state index contributed by atoms with van der Waals surface area (Å²) in [5.74, 6) is -0.359. The van der Waals surface area contributed by atoms with E-state index in [0.29, 0.717) is 25.0 Å². The summed E-state index contributed by atoms with van der Waals surface area (Å²) >= 11 is 0. The van der Waals surface area contributed by atoms with E-state index in [-0.39, 0.29) is 17.2 Å². The summed E-state index contributed by atoms with van der Waals surface area (Å²) in [4.78, 5) is 14.4. The fourth-order valence-corrected chi connectivity index (χ4v) is 2.88. The van der Waals surface area contributed by atoms with Crippen molar-refractivity contribution in [2.45, 2.75) is 31.7 Å². The maximum absolute atomic E-state index is 13.4. The van der Waals surface area contributed by atoms with Gasteiger partial charge in [0, 0.05) is 19.1 Å². The van der Waals surface area contributed by atoms with Crippen LogP contribution in [0.25, 0.3) is 0 Å². The quantitative estimate of drug-likeness (QED) is 0.874. The maximum Gasteiger partial charge on any atom is 0.257 e. The summed E-state index contributed by atoms with van der Waals surface area (Å²) in [5.41, 5.74) is 0.0636. The van der Waals surface area contributed by atoms with Crippen molar-refractivity contribution in [3.63, 3.8) is 0 Å². The van der Waals surface area contributed by atoms with Gasteiger partial charge in [-0.1, -0.05) is 0 Å². The second kappa shape index (κ2) is 6.02. The summed E-state index contributed by atoms with van der Waals surface area (Å²) in [6.07, 6.45) is 4.49. The molecule has 0 bridgehead atoms. The first-order chi connectivity index (χ1) is 10.1. The predicted molar refractivity (Wildman–Crippen MR) is 77.7 cm³/mol. The fourth-order valence-electron chi connectivity index (χ4n) is 2.88. The molecule has 1 saturated heterocycles. The van der Waals surface area contributed by atoms with Crippen molar-refractivity contribution in [1.82, 2.24) is 10.2 Å². The highest BCUT2D eigenvalue weighted by molar-refractivity contribution is 5.96. The third kappa shape index (κ3) is 3.53. The molecule has 0 spiro atoms. The van der Waals surface area contributed by atoms with Crippen LogP contribution in [0, 0.1) is 11.7 Å². The Labute approximate surface area is 124 Å². The highest BCUT2D eigenvalue weighted by Crippen LogP contribution is 2.31. The van der Waals surface area contributed by atoms with Gasteiger partial charge in [-0.05, 0) is 56.3 Å². The van der Waals surface area contributed by atoms with Gasteiger partial charge in [-0.25, -0.2) is 4.39 Å². The number of nitrogens with one attached hydrogen (secondary N) is 1. The molecular weight excluding hydrogens is 271 g/mol. The number of phenols is 1. The fraction of sp³-hybridized carbons (Fsp3) is 0.562. The van der Waals surface area contributed by atoms with Gasteiger partial charge < -0.3 is 15.3 Å². The molecule has 1 aromatic rings. The lowest BCUT2D eigenvalue weighted by atomic mass is 10.1. The number of halogens is 1. The zero-order valence-electron chi connectivity index (χ0n) is 12.0. The van der Waals surface area contributed by atoms with Crippen LogP contribution in [0.15, 0.2) is 18.2 Å². The molecule has 4 nitrogen and oxygen atoms in total. The molecule has 3 rings (SSSR count). The van der Waals surface area contributed by atoms with E-state index in [2.05, 4.69) is 5.32 Å². The van der Waals surface area contributed by atoms with Gasteiger partial charge in [0.15, 0.2) is 0 Å². The molecule has 1 heterocycles. The van der Waals surface area contributed by atoms with Crippen molar-refractivity contribution in [3.8, 4) is 5.75 Å². The third-order valence-electron chi connectivity index (χ3n) is 4.25. The smallest absolute Gasteiger partial charge is 0.257 e. The molecule has 1 saturated carbocycles. The minimum absolute atomic E-state index is 0.0636. The van der Waals surface area contributed by atoms with Crippen molar-refractivity contribution in [2.24, 2.45) is 5.92 Å². The molecular formula is C16H21FN2O2. The first kappa shape index (κ1) is 14.3. The van der Waals surface area contributed by atoms with Gasteiger partial charge in [0.2, 0.25) is 0 Å². The van der Waals surface area contributed by atoms with E-state index in [1.165, 1.54) is 6.07 Å². The summed E-state index contributed by atoms with van der Waals surface area (Å²) in [6, 6.07) is 3.84. The van der Waals surface area contributed by atoms with Crippen LogP contribution in [0.5, 0.6) is 5.75 Å². The van der Waals surface area contributed by atoms with Gasteiger partial charge in [-0.2, -0.15) is 0 Å². The SMILES string of the molecule is O=C(c1cc(F)ccc1O)N(CC1CC1)CC1CCCN1. The molecule has 1 amide bonds. The van der Waals surface area contributed by atoms with E-state index in [1.54, 1.807) is 4.90 Å². The maximum atomic E-state index is 13.4. The Morgan fingerprint density at radius 1 is 1.33 bits per heavy atom. The average molecular weight is 292 g/mol. The number of hydrogen-bond donors (Lipinski definition) is 2. The van der Waals surface area contributed by atoms with Gasteiger partial charge >= 0.3 is 0 Å². The lowest BCUT2D eigenvalue weighted by Crippen LogP contribution is -2.42. The van der Waals surface area contributed by atoms with E-state index in [1.807, 2.05) is 0 Å². The van der Waals surface area contributed by atoms with Crippen LogP contribution in [0.3, 0.4) is 0 Å². The van der Waals surface area contributed by atoms with Crippen LogP contribution in [-0.4, -0.2) is 41.6 Å². The number of hydrogen-bond acceptors (Lipinski definition) is 3. The summed E-state index contributed by atoms with van der Waals surface area (Å²) in [5, 5.41) is 13.2. The molecule has 1 atom stereocenters. The van der Waals surface area contributed by atoms with Crippen LogP contribution < -0.4 is 5.32 Å². The first-order valence-electron chi connectivity index (χ1n) is 7.64. The van der Waals surface area contributed by atoms with E-state index >= 15 is 0 Å². The number of rotatable bonds is 5. The normalized spacial score (nSPS) is 21.5. The van der Waals surface area contributed by atoms with Crippen molar-refractivity contribution < 1.29 is 14.3 Å². The minimum atomic E-state index is -0.499. The lowest BCUT2D eigenvalue weighted by molar-refractivity contribution is 0.0730. The number of aromatic hydroxyl groups is 1. The number of phenolic OH excluding ortho intramolecular Hbond substituents is 1. The highest BCUT2D eigenvalue weighted by atomic mass is 19.1. The molecule has 1 aliphatic carbocycles. The molecule has 1 aromatic carbocycles. The topological polar surface area (TPSA) is 52.6 Å². The van der Waals surface area contributed by atoms with Gasteiger partial charge in [-0.3, -0.25) is 4.79 Å². The molecule has 0 radical (unpaired) electrons. The van der Waals surface area contributed by atoms with Crippen molar-refractivity contribution in [3.05, 3.63) is 29.6 Å². The molecule has 2 aliphatic rings. The standard InChI is InChI=1S/C16H21FN2O2/c17-12-5-6-15(20)14(8-12)16(21)19(9-11-3-4-11)10-13-2-1-7-18-13/h5-6,8,11,13,18,20H,1-4,7,9-10H2. The largest absolute Gasteiger partial charge is 0.507 e. The molecule has 0 aromatic heterocycles. The average Bonchev–Trinajstić information content (AvgIpc) is 3.13. The number of amides is 1. The molecule has 5 heteroatoms. The van der Waals surface area contributed by atoms with Crippen LogP contribution in [0.4, 0.5) is 4.39 Å². The molecule has 2 fully saturated rings. The van der Waals surface area contributed by atoms with Crippen LogP contribution in [-0.2, 0) is 0 Å². The summed E-state index contributed by atoms with van der Waals surface area (Å²) in [6.45, 7) is 2.32. The second-order valence-electron chi connectivity index (χ2n) is 6.11. The van der Waals surface area contributed by atoms with Crippen molar-refractivity contribution in [1.29, 1.82) is 0 Å². The number of benzene rings is 1. The highest BCUT2D eigenvalue weighted by Gasteiger charge is 2.30. The zero-order valence-corrected chi connectivity index (χ0v) is 12.0. The van der Waals surface area contributed by atoms with Crippen LogP contribution in [0.2, 0.25) is 0 Å². The van der Waals surface area contributed by atoms with E-state index in [4.69, 9.17) is 0 Å². The van der Waals surface area contributed by atoms with Crippen molar-refractivity contribution in [2.75, 3.05) is 19.6 Å². The Morgan fingerprint density at radius 3 is 2.81 bits per heavy atom. The first-order valence-corrected chi connectivity index (χ1v) is 7.64. The Hall–Kier alpha value is -1.62. The lowest BCUT2D eigenvalue weighted by Gasteiger charge is -2.26. The second-order valence-corrected chi connectivity index (χ2v) is 6.11. The Morgan fingerprint density at radius 2 is 2.14 bits per heavy atom. The molecule has 21 heavy (non-hydrogen) atoms. The van der Waals surface area contributed by atoms with Crippen LogP contribution in [0.1, 0.15) is 36.0 Å². The van der Waals surface area contributed by atoms with E-state index < -0.39 is 5.82 Å². The van der Waals surface area contributed by atoms with E-state index in [0.717, 1.165) is 44.4 Å². The number of carbonyl (C=O) groups is 1. The Balaban J connectivity index is 1.76. The molecule has 1 unspecified atom stereocenters. The zero-order chi connectivity index (χ0) is 14.8. The van der Waals surface area contributed by atoms with Gasteiger partial charge in [0.05, 0.1) is 5.56 Å². The van der Waals surface area contributed by atoms with Crippen molar-refractivity contribution >= 4 is 5.91 Å². The third-order valence-corrected chi connectivity index (χ3v) is 4.25. The van der Waals surface area contributed by atoms with Gasteiger partial charge in [0.25, 0.3) is 5.91 Å². The van der Waals surface area contributed by atoms with Crippen LogP contribution >= 0.6 is 0 Å². The molecule has 1 aliphatic heterocycles. The monoisotopic (exact) mass is 292 g/mol. The Kier molecular flexibility index (Phi) is 4.10. The molecule has 114 valence electrons. The summed E-state index contributed by atoms with van der Waals surface area (Å²) < 4.78 is 13.4. The van der Waals surface area contributed by atoms with E-state index in [9.17, 15) is 14.3 Å². The molecule has 2 N–H and O–H groups in total. The Bertz CT molecular complexity index is 525. The van der Waals surface area contributed by atoms with Gasteiger partial charge in [0.1, 0.15) is 11.6 Å². The summed E-state index contributed by atoms with van der Waals surface area (Å²) in [7, 11) is 0. The predicted octanol–water partition coefficient (Wildman–Crippen LogP) is 2.14. The number of nitrogens with zero attached hydrogens (tertiary/aromatic N) is 1.